The molecule has 4 rings (SSSR count). The molecule has 1 aromatic carbocycles. The number of urea groups is 1. The number of hydrogen-bond acceptors (Lipinski definition) is 7. The van der Waals surface area contributed by atoms with E-state index in [4.69, 9.17) is 5.73 Å². The second-order valence-corrected chi connectivity index (χ2v) is 19.3. The number of Topliss-reactive ketones (excluding diaryl/α,β-unsaturated/α-hetero) is 1. The highest BCUT2D eigenvalue weighted by atomic mass is 32.2. The lowest BCUT2D eigenvalue weighted by Crippen LogP contribution is -2.63. The summed E-state index contributed by atoms with van der Waals surface area (Å²) in [5, 5.41) is 8.52. The standard InChI is InChI=1S/C37H57N5O7S/c1-22(2)18-37(8,21-50(48,49)20-24-13-10-9-11-14-24)41-34(47)40-30(35(3,4)5)33(46)42-19-25-27(36(25,6)7)28(42)32(45)39-26(29(43)31(38)44)17-23-15-12-16-23/h9-11,13-14,22-23,25-28,30H,12,15-21H2,1-8H3,(H2,38,44)(H,39,45)(H2,40,41,47)/t25?,26?,27-,28-,30+,37?/m0/s1. The largest absolute Gasteiger partial charge is 0.363 e. The molecule has 0 aromatic heterocycles. The number of likely N-dealkylation sites (tertiary alicyclic amines) is 1. The number of nitrogens with two attached hydrogens (primary N) is 1. The van der Waals surface area contributed by atoms with Crippen LogP contribution in [0.4, 0.5) is 4.79 Å². The number of carbonyl (C=O) groups is 5. The average Bonchev–Trinajstić information content (AvgIpc) is 3.27. The number of fused-ring (bicyclic) bond motifs is 1. The quantitative estimate of drug-likeness (QED) is 0.201. The van der Waals surface area contributed by atoms with Gasteiger partial charge in [0.2, 0.25) is 17.6 Å². The SMILES string of the molecule is CC(C)CC(C)(CS(=O)(=O)Cc1ccccc1)NC(=O)N[C@H](C(=O)N1CC2[C@@H]([C@H]1C(=O)NC(CC1CCC1)C(=O)C(N)=O)C2(C)C)C(C)(C)C. The molecule has 3 aliphatic rings. The van der Waals surface area contributed by atoms with Gasteiger partial charge in [-0.25, -0.2) is 13.2 Å². The van der Waals surface area contributed by atoms with Crippen molar-refractivity contribution in [1.29, 1.82) is 0 Å². The van der Waals surface area contributed by atoms with Gasteiger partial charge in [0.15, 0.2) is 9.84 Å². The minimum absolute atomic E-state index is 0.0396. The lowest BCUT2D eigenvalue weighted by Gasteiger charge is -2.39. The minimum atomic E-state index is -3.64. The number of piperidine rings is 1. The molecule has 0 bridgehead atoms. The molecule has 6 atom stereocenters. The van der Waals surface area contributed by atoms with Gasteiger partial charge in [-0.2, -0.15) is 0 Å². The van der Waals surface area contributed by atoms with Gasteiger partial charge in [0, 0.05) is 6.54 Å². The van der Waals surface area contributed by atoms with Gasteiger partial charge in [-0.3, -0.25) is 19.2 Å². The summed E-state index contributed by atoms with van der Waals surface area (Å²) in [7, 11) is -3.64. The van der Waals surface area contributed by atoms with Gasteiger partial charge in [-0.05, 0) is 59.8 Å². The van der Waals surface area contributed by atoms with Gasteiger partial charge >= 0.3 is 6.03 Å². The molecule has 12 nitrogen and oxygen atoms in total. The Morgan fingerprint density at radius 3 is 2.14 bits per heavy atom. The van der Waals surface area contributed by atoms with Crippen LogP contribution in [0, 0.1) is 34.5 Å². The molecular weight excluding hydrogens is 659 g/mol. The van der Waals surface area contributed by atoms with Crippen LogP contribution in [0.1, 0.15) is 93.1 Å². The van der Waals surface area contributed by atoms with Gasteiger partial charge in [-0.15, -0.1) is 0 Å². The molecule has 0 spiro atoms. The summed E-state index contributed by atoms with van der Waals surface area (Å²) in [6.45, 7) is 15.4. The Hall–Kier alpha value is -3.48. The Morgan fingerprint density at radius 2 is 1.62 bits per heavy atom. The Labute approximate surface area is 297 Å². The van der Waals surface area contributed by atoms with E-state index in [0.29, 0.717) is 24.9 Å². The third-order valence-corrected chi connectivity index (χ3v) is 12.7. The van der Waals surface area contributed by atoms with E-state index in [1.54, 1.807) is 31.2 Å². The number of nitrogens with one attached hydrogen (secondary N) is 3. The first kappa shape index (κ1) is 39.3. The molecule has 50 heavy (non-hydrogen) atoms. The van der Waals surface area contributed by atoms with Crippen LogP contribution in [0.15, 0.2) is 30.3 Å². The number of primary amides is 1. The van der Waals surface area contributed by atoms with Crippen LogP contribution >= 0.6 is 0 Å². The van der Waals surface area contributed by atoms with Crippen molar-refractivity contribution >= 4 is 39.4 Å². The fourth-order valence-electron chi connectivity index (χ4n) is 8.20. The van der Waals surface area contributed by atoms with E-state index in [1.165, 1.54) is 4.90 Å². The number of carbonyl (C=O) groups excluding carboxylic acids is 5. The monoisotopic (exact) mass is 715 g/mol. The number of hydrogen-bond donors (Lipinski definition) is 4. The summed E-state index contributed by atoms with van der Waals surface area (Å²) in [5.74, 6) is -3.26. The van der Waals surface area contributed by atoms with Crippen molar-refractivity contribution in [1.82, 2.24) is 20.9 Å². The van der Waals surface area contributed by atoms with Crippen LogP contribution in [0.5, 0.6) is 0 Å². The molecule has 278 valence electrons. The van der Waals surface area contributed by atoms with Crippen LogP contribution in [0.3, 0.4) is 0 Å². The molecule has 5 amide bonds. The first-order valence-electron chi connectivity index (χ1n) is 17.8. The molecule has 1 heterocycles. The lowest BCUT2D eigenvalue weighted by molar-refractivity contribution is -0.145. The maximum absolute atomic E-state index is 14.4. The molecule has 1 aliphatic heterocycles. The zero-order chi connectivity index (χ0) is 37.4. The van der Waals surface area contributed by atoms with Crippen LogP contribution < -0.4 is 21.7 Å². The second kappa shape index (κ2) is 14.6. The third-order valence-electron chi connectivity index (χ3n) is 10.9. The van der Waals surface area contributed by atoms with Gasteiger partial charge in [-0.1, -0.05) is 98.1 Å². The summed E-state index contributed by atoms with van der Waals surface area (Å²) in [4.78, 5) is 68.3. The predicted molar refractivity (Wildman–Crippen MR) is 191 cm³/mol. The molecule has 0 radical (unpaired) electrons. The van der Waals surface area contributed by atoms with Crippen molar-refractivity contribution in [2.45, 2.75) is 117 Å². The van der Waals surface area contributed by atoms with E-state index in [2.05, 4.69) is 16.0 Å². The molecule has 1 aromatic rings. The number of rotatable bonds is 15. The zero-order valence-electron chi connectivity index (χ0n) is 30.9. The van der Waals surface area contributed by atoms with E-state index in [1.807, 2.05) is 54.5 Å². The van der Waals surface area contributed by atoms with Gasteiger partial charge in [0.05, 0.1) is 23.1 Å². The molecular formula is C37H57N5O7S. The number of ketones is 1. The predicted octanol–water partition coefficient (Wildman–Crippen LogP) is 3.33. The minimum Gasteiger partial charge on any atom is -0.363 e. The summed E-state index contributed by atoms with van der Waals surface area (Å²) in [6.07, 6.45) is 3.52. The van der Waals surface area contributed by atoms with Crippen LogP contribution in [0.25, 0.3) is 0 Å². The Morgan fingerprint density at radius 1 is 1.00 bits per heavy atom. The topological polar surface area (TPSA) is 185 Å². The molecule has 3 fully saturated rings. The lowest BCUT2D eigenvalue weighted by atomic mass is 9.80. The first-order chi connectivity index (χ1) is 23.0. The highest BCUT2D eigenvalue weighted by Gasteiger charge is 2.70. The fraction of sp³-hybridized carbons (Fsp3) is 0.703. The van der Waals surface area contributed by atoms with E-state index >= 15 is 0 Å². The number of amides is 5. The first-order valence-corrected chi connectivity index (χ1v) is 19.6. The van der Waals surface area contributed by atoms with Crippen LogP contribution in [0.2, 0.25) is 0 Å². The summed E-state index contributed by atoms with van der Waals surface area (Å²) in [5.41, 5.74) is 3.85. The van der Waals surface area contributed by atoms with Crippen LogP contribution in [-0.4, -0.2) is 78.8 Å². The third kappa shape index (κ3) is 9.24. The van der Waals surface area contributed by atoms with Crippen LogP contribution in [-0.2, 0) is 34.8 Å². The normalized spacial score (nSPS) is 23.9. The maximum Gasteiger partial charge on any atom is 0.315 e. The number of nitrogens with zero attached hydrogens (tertiary/aromatic N) is 1. The van der Waals surface area contributed by atoms with Gasteiger partial charge < -0.3 is 26.6 Å². The van der Waals surface area contributed by atoms with E-state index in [9.17, 15) is 32.4 Å². The second-order valence-electron chi connectivity index (χ2n) is 17.3. The van der Waals surface area contributed by atoms with E-state index in [-0.39, 0.29) is 40.6 Å². The summed E-state index contributed by atoms with van der Waals surface area (Å²) < 4.78 is 26.7. The van der Waals surface area contributed by atoms with Crippen molar-refractivity contribution < 1.29 is 32.4 Å². The molecule has 3 unspecified atom stereocenters. The van der Waals surface area contributed by atoms with Crippen molar-refractivity contribution in [3.63, 3.8) is 0 Å². The number of sulfone groups is 1. The Balaban J connectivity index is 1.53. The number of benzene rings is 1. The molecule has 5 N–H and O–H groups in total. The fourth-order valence-corrected chi connectivity index (χ4v) is 10.2. The Kier molecular flexibility index (Phi) is 11.5. The smallest absolute Gasteiger partial charge is 0.315 e. The van der Waals surface area contributed by atoms with Gasteiger partial charge in [0.25, 0.3) is 5.91 Å². The van der Waals surface area contributed by atoms with Crippen molar-refractivity contribution in [3.05, 3.63) is 35.9 Å². The summed E-state index contributed by atoms with van der Waals surface area (Å²) >= 11 is 0. The average molecular weight is 716 g/mol. The molecule has 2 aliphatic carbocycles. The maximum atomic E-state index is 14.4. The van der Waals surface area contributed by atoms with E-state index < -0.39 is 68.5 Å². The van der Waals surface area contributed by atoms with E-state index in [0.717, 1.165) is 19.3 Å². The van der Waals surface area contributed by atoms with Crippen molar-refractivity contribution in [2.24, 2.45) is 40.2 Å². The Bertz CT molecular complexity index is 1570. The van der Waals surface area contributed by atoms with Crippen molar-refractivity contribution in [2.75, 3.05) is 12.3 Å². The summed E-state index contributed by atoms with van der Waals surface area (Å²) in [6, 6.07) is 5.14. The van der Waals surface area contributed by atoms with Gasteiger partial charge in [0.1, 0.15) is 12.1 Å². The molecule has 13 heteroatoms. The highest BCUT2D eigenvalue weighted by Crippen LogP contribution is 2.65. The molecule has 2 saturated carbocycles. The van der Waals surface area contributed by atoms with Crippen molar-refractivity contribution in [3.8, 4) is 0 Å². The zero-order valence-corrected chi connectivity index (χ0v) is 31.7. The highest BCUT2D eigenvalue weighted by molar-refractivity contribution is 7.90. The molecule has 1 saturated heterocycles.